The van der Waals surface area contributed by atoms with Gasteiger partial charge in [0.1, 0.15) is 6.67 Å². The number of unbranched alkanes of at least 4 members (excludes halogenated alkanes) is 2. The van der Waals surface area contributed by atoms with Gasteiger partial charge in [0.15, 0.2) is 0 Å². The van der Waals surface area contributed by atoms with E-state index >= 15 is 0 Å². The maximum Gasteiger partial charge on any atom is 0.108 e. The van der Waals surface area contributed by atoms with Crippen LogP contribution >= 0.6 is 0 Å². The highest BCUT2D eigenvalue weighted by Crippen LogP contribution is 2.33. The van der Waals surface area contributed by atoms with Crippen molar-refractivity contribution in [3.05, 3.63) is 71.8 Å². The highest BCUT2D eigenvalue weighted by Gasteiger charge is 2.20. The van der Waals surface area contributed by atoms with Gasteiger partial charge in [-0.25, -0.2) is 4.39 Å². The van der Waals surface area contributed by atoms with E-state index in [0.29, 0.717) is 0 Å². The van der Waals surface area contributed by atoms with Crippen LogP contribution in [-0.2, 0) is 12.8 Å². The largest absolute Gasteiger partial charge is 0.247 e. The van der Waals surface area contributed by atoms with Gasteiger partial charge in [-0.1, -0.05) is 93.3 Å². The molecular formula is C29H39F. The van der Waals surface area contributed by atoms with E-state index in [-0.39, 0.29) is 6.67 Å². The van der Waals surface area contributed by atoms with Crippen molar-refractivity contribution in [2.75, 3.05) is 6.67 Å². The maximum absolute atomic E-state index is 12.2. The second-order valence-corrected chi connectivity index (χ2v) is 9.14. The van der Waals surface area contributed by atoms with E-state index in [0.717, 1.165) is 18.3 Å². The smallest absolute Gasteiger partial charge is 0.108 e. The maximum atomic E-state index is 12.2. The molecule has 1 saturated carbocycles. The molecule has 0 aliphatic heterocycles. The first-order valence-corrected chi connectivity index (χ1v) is 12.2. The molecule has 0 radical (unpaired) electrons. The molecule has 0 heterocycles. The topological polar surface area (TPSA) is 0 Å². The standard InChI is InChI=1S/C29H39F/c1-2-3-4-7-25-15-19-28(20-16-25)29-21-17-27(18-22-29)14-13-26-11-9-24(10-12-26)8-5-6-23-30/h5-6,15-22,24,26H,2-4,7-14,23H2,1H3/b6-5+. The van der Waals surface area contributed by atoms with Gasteiger partial charge in [-0.2, -0.15) is 0 Å². The Kier molecular flexibility index (Phi) is 9.67. The van der Waals surface area contributed by atoms with E-state index in [1.165, 1.54) is 86.5 Å². The predicted molar refractivity (Wildman–Crippen MR) is 129 cm³/mol. The molecule has 1 aliphatic rings. The summed E-state index contributed by atoms with van der Waals surface area (Å²) in [6.45, 7) is 1.94. The van der Waals surface area contributed by atoms with Gasteiger partial charge >= 0.3 is 0 Å². The zero-order valence-electron chi connectivity index (χ0n) is 18.8. The quantitative estimate of drug-likeness (QED) is 0.258. The summed E-state index contributed by atoms with van der Waals surface area (Å²) in [5.41, 5.74) is 5.56. The fraction of sp³-hybridized carbons (Fsp3) is 0.517. The zero-order valence-corrected chi connectivity index (χ0v) is 18.8. The van der Waals surface area contributed by atoms with Gasteiger partial charge in [0.2, 0.25) is 0 Å². The average Bonchev–Trinajstić information content (AvgIpc) is 2.80. The molecule has 2 aromatic carbocycles. The minimum Gasteiger partial charge on any atom is -0.247 e. The van der Waals surface area contributed by atoms with Crippen LogP contribution in [0, 0.1) is 11.8 Å². The third kappa shape index (κ3) is 7.42. The summed E-state index contributed by atoms with van der Waals surface area (Å²) in [6, 6.07) is 18.3. The zero-order chi connectivity index (χ0) is 21.0. The number of hydrogen-bond acceptors (Lipinski definition) is 0. The first-order valence-electron chi connectivity index (χ1n) is 12.2. The van der Waals surface area contributed by atoms with Crippen molar-refractivity contribution in [2.45, 2.75) is 77.6 Å². The van der Waals surface area contributed by atoms with Crippen molar-refractivity contribution >= 4 is 0 Å². The van der Waals surface area contributed by atoms with E-state index in [2.05, 4.69) is 55.5 Å². The molecule has 0 amide bonds. The summed E-state index contributed by atoms with van der Waals surface area (Å²) in [5, 5.41) is 0. The van der Waals surface area contributed by atoms with Crippen LogP contribution in [0.4, 0.5) is 4.39 Å². The molecule has 1 fully saturated rings. The lowest BCUT2D eigenvalue weighted by atomic mass is 9.78. The molecule has 0 bridgehead atoms. The van der Waals surface area contributed by atoms with E-state index in [1.54, 1.807) is 6.08 Å². The summed E-state index contributed by atoms with van der Waals surface area (Å²) in [6.07, 6.45) is 17.7. The highest BCUT2D eigenvalue weighted by molar-refractivity contribution is 5.64. The Balaban J connectivity index is 1.42. The van der Waals surface area contributed by atoms with Crippen LogP contribution in [0.2, 0.25) is 0 Å². The van der Waals surface area contributed by atoms with Crippen LogP contribution in [0.25, 0.3) is 11.1 Å². The fourth-order valence-corrected chi connectivity index (χ4v) is 4.79. The third-order valence-electron chi connectivity index (χ3n) is 6.84. The Hall–Kier alpha value is -1.89. The van der Waals surface area contributed by atoms with Crippen molar-refractivity contribution in [1.29, 1.82) is 0 Å². The Morgan fingerprint density at radius 3 is 1.87 bits per heavy atom. The molecule has 0 atom stereocenters. The summed E-state index contributed by atoms with van der Waals surface area (Å²) in [4.78, 5) is 0. The molecule has 0 saturated heterocycles. The fourth-order valence-electron chi connectivity index (χ4n) is 4.79. The lowest BCUT2D eigenvalue weighted by Gasteiger charge is -2.28. The lowest BCUT2D eigenvalue weighted by molar-refractivity contribution is 0.265. The third-order valence-corrected chi connectivity index (χ3v) is 6.84. The number of alkyl halides is 1. The number of allylic oxidation sites excluding steroid dienone is 2. The van der Waals surface area contributed by atoms with Crippen LogP contribution in [0.15, 0.2) is 60.7 Å². The van der Waals surface area contributed by atoms with E-state index in [1.807, 2.05) is 6.08 Å². The second-order valence-electron chi connectivity index (χ2n) is 9.14. The molecule has 0 nitrogen and oxygen atoms in total. The highest BCUT2D eigenvalue weighted by atomic mass is 19.1. The van der Waals surface area contributed by atoms with Crippen LogP contribution in [0.3, 0.4) is 0 Å². The Bertz CT molecular complexity index is 733. The molecule has 1 heteroatoms. The van der Waals surface area contributed by atoms with E-state index < -0.39 is 0 Å². The monoisotopic (exact) mass is 406 g/mol. The van der Waals surface area contributed by atoms with Gasteiger partial charge in [-0.3, -0.25) is 0 Å². The molecule has 0 unspecified atom stereocenters. The van der Waals surface area contributed by atoms with E-state index in [4.69, 9.17) is 0 Å². The van der Waals surface area contributed by atoms with Crippen LogP contribution in [-0.4, -0.2) is 6.67 Å². The van der Waals surface area contributed by atoms with Crippen LogP contribution < -0.4 is 0 Å². The molecule has 162 valence electrons. The summed E-state index contributed by atoms with van der Waals surface area (Å²) in [5.74, 6) is 1.65. The first-order chi connectivity index (χ1) is 14.8. The van der Waals surface area contributed by atoms with E-state index in [9.17, 15) is 4.39 Å². The summed E-state index contributed by atoms with van der Waals surface area (Å²) >= 11 is 0. The number of rotatable bonds is 11. The van der Waals surface area contributed by atoms with Gasteiger partial charge in [0, 0.05) is 0 Å². The molecule has 3 rings (SSSR count). The molecule has 0 N–H and O–H groups in total. The Morgan fingerprint density at radius 1 is 0.733 bits per heavy atom. The second kappa shape index (κ2) is 12.7. The molecule has 2 aromatic rings. The first kappa shape index (κ1) is 22.8. The number of benzene rings is 2. The van der Waals surface area contributed by atoms with Crippen molar-refractivity contribution in [1.82, 2.24) is 0 Å². The molecule has 0 spiro atoms. The van der Waals surface area contributed by atoms with Gasteiger partial charge in [0.25, 0.3) is 0 Å². The van der Waals surface area contributed by atoms with Gasteiger partial charge in [-0.15, -0.1) is 0 Å². The average molecular weight is 407 g/mol. The van der Waals surface area contributed by atoms with Crippen molar-refractivity contribution in [2.24, 2.45) is 11.8 Å². The van der Waals surface area contributed by atoms with Crippen molar-refractivity contribution < 1.29 is 4.39 Å². The van der Waals surface area contributed by atoms with Crippen LogP contribution in [0.1, 0.15) is 75.8 Å². The van der Waals surface area contributed by atoms with Gasteiger partial charge < -0.3 is 0 Å². The number of halogens is 1. The molecule has 1 aliphatic carbocycles. The lowest BCUT2D eigenvalue weighted by Crippen LogP contribution is -2.14. The Morgan fingerprint density at radius 2 is 1.30 bits per heavy atom. The summed E-state index contributed by atoms with van der Waals surface area (Å²) in [7, 11) is 0. The minimum absolute atomic E-state index is 0.321. The van der Waals surface area contributed by atoms with Crippen molar-refractivity contribution in [3.63, 3.8) is 0 Å². The summed E-state index contributed by atoms with van der Waals surface area (Å²) < 4.78 is 12.2. The minimum atomic E-state index is -0.321. The molecule has 0 aromatic heterocycles. The molecule has 30 heavy (non-hydrogen) atoms. The number of aryl methyl sites for hydroxylation is 2. The van der Waals surface area contributed by atoms with Crippen LogP contribution in [0.5, 0.6) is 0 Å². The SMILES string of the molecule is CCCCCc1ccc(-c2ccc(CCC3CCC(C/C=C/CF)CC3)cc2)cc1. The Labute approximate surface area is 183 Å². The van der Waals surface area contributed by atoms with Gasteiger partial charge in [-0.05, 0) is 79.0 Å². The van der Waals surface area contributed by atoms with Crippen molar-refractivity contribution in [3.8, 4) is 11.1 Å². The molecular weight excluding hydrogens is 367 g/mol. The van der Waals surface area contributed by atoms with Gasteiger partial charge in [0.05, 0.1) is 0 Å². The number of hydrogen-bond donors (Lipinski definition) is 0. The normalized spacial score (nSPS) is 19.4. The predicted octanol–water partition coefficient (Wildman–Crippen LogP) is 8.74.